The van der Waals surface area contributed by atoms with Crippen molar-refractivity contribution in [1.82, 2.24) is 4.57 Å². The van der Waals surface area contributed by atoms with Crippen molar-refractivity contribution in [3.05, 3.63) is 34.3 Å². The van der Waals surface area contributed by atoms with E-state index in [2.05, 4.69) is 6.92 Å². The van der Waals surface area contributed by atoms with Crippen LogP contribution in [0.15, 0.2) is 27.4 Å². The third kappa shape index (κ3) is 2.30. The van der Waals surface area contributed by atoms with Crippen molar-refractivity contribution < 1.29 is 14.3 Å². The van der Waals surface area contributed by atoms with Crippen molar-refractivity contribution in [2.24, 2.45) is 0 Å². The maximum Gasteiger partial charge on any atom is 0.419 e. The van der Waals surface area contributed by atoms with Gasteiger partial charge in [0.2, 0.25) is 0 Å². The number of nitrogens with zero attached hydrogens (tertiary/aromatic N) is 1. The molecule has 0 spiro atoms. The van der Waals surface area contributed by atoms with Gasteiger partial charge >= 0.3 is 11.7 Å². The van der Waals surface area contributed by atoms with Crippen LogP contribution in [-0.2, 0) is 6.54 Å². The fourth-order valence-corrected chi connectivity index (χ4v) is 1.93. The summed E-state index contributed by atoms with van der Waals surface area (Å²) in [6, 6.07) is 4.49. The largest absolute Gasteiger partial charge is 0.478 e. The number of carbonyl (C=O) groups is 1. The summed E-state index contributed by atoms with van der Waals surface area (Å²) in [6.07, 6.45) is 3.03. The number of fused-ring (bicyclic) bond motifs is 1. The second-order valence-electron chi connectivity index (χ2n) is 4.21. The molecule has 5 nitrogen and oxygen atoms in total. The molecule has 5 heteroatoms. The maximum atomic E-state index is 11.7. The number of hydrogen-bond donors (Lipinski definition) is 1. The van der Waals surface area contributed by atoms with Gasteiger partial charge in [0.1, 0.15) is 0 Å². The molecular weight excluding hydrogens is 234 g/mol. The Morgan fingerprint density at radius 2 is 2.17 bits per heavy atom. The number of carboxylic acid groups (broad SMARTS) is 1. The van der Waals surface area contributed by atoms with Crippen LogP contribution in [0.25, 0.3) is 11.1 Å². The van der Waals surface area contributed by atoms with Crippen molar-refractivity contribution in [3.8, 4) is 0 Å². The normalized spacial score (nSPS) is 10.9. The van der Waals surface area contributed by atoms with E-state index >= 15 is 0 Å². The number of aryl methyl sites for hydroxylation is 1. The molecule has 96 valence electrons. The lowest BCUT2D eigenvalue weighted by atomic mass is 10.2. The zero-order valence-corrected chi connectivity index (χ0v) is 10.2. The van der Waals surface area contributed by atoms with Crippen LogP contribution in [-0.4, -0.2) is 15.6 Å². The second-order valence-corrected chi connectivity index (χ2v) is 4.21. The summed E-state index contributed by atoms with van der Waals surface area (Å²) in [5.41, 5.74) is 1.11. The molecule has 0 aliphatic carbocycles. The van der Waals surface area contributed by atoms with Gasteiger partial charge in [-0.25, -0.2) is 9.59 Å². The van der Waals surface area contributed by atoms with Crippen LogP contribution in [0.1, 0.15) is 36.5 Å². The van der Waals surface area contributed by atoms with Crippen molar-refractivity contribution in [2.45, 2.75) is 32.7 Å². The van der Waals surface area contributed by atoms with Gasteiger partial charge in [0.25, 0.3) is 0 Å². The molecule has 1 aromatic carbocycles. The lowest BCUT2D eigenvalue weighted by Crippen LogP contribution is -2.14. The number of unbranched alkanes of at least 4 members (excludes halogenated alkanes) is 2. The topological polar surface area (TPSA) is 72.4 Å². The standard InChI is InChI=1S/C13H15NO4/c1-2-3-4-7-14-10-6-5-9(12(15)16)8-11(10)18-13(14)17/h5-6,8H,2-4,7H2,1H3,(H,15,16). The second kappa shape index (κ2) is 5.08. The van der Waals surface area contributed by atoms with Gasteiger partial charge in [-0.3, -0.25) is 4.57 Å². The van der Waals surface area contributed by atoms with Gasteiger partial charge in [0, 0.05) is 6.54 Å². The Morgan fingerprint density at radius 3 is 2.83 bits per heavy atom. The molecule has 0 radical (unpaired) electrons. The summed E-state index contributed by atoms with van der Waals surface area (Å²) >= 11 is 0. The Bertz CT molecular complexity index is 623. The molecular formula is C13H15NO4. The summed E-state index contributed by atoms with van der Waals surface area (Å²) < 4.78 is 6.62. The third-order valence-electron chi connectivity index (χ3n) is 2.90. The number of hydrogen-bond acceptors (Lipinski definition) is 3. The van der Waals surface area contributed by atoms with E-state index in [1.165, 1.54) is 12.1 Å². The van der Waals surface area contributed by atoms with E-state index in [1.807, 2.05) is 0 Å². The molecule has 2 rings (SSSR count). The van der Waals surface area contributed by atoms with Crippen molar-refractivity contribution in [2.75, 3.05) is 0 Å². The van der Waals surface area contributed by atoms with E-state index in [1.54, 1.807) is 10.6 Å². The van der Waals surface area contributed by atoms with Gasteiger partial charge in [0.15, 0.2) is 5.58 Å². The quantitative estimate of drug-likeness (QED) is 0.826. The average Bonchev–Trinajstić information content (AvgIpc) is 2.65. The summed E-state index contributed by atoms with van der Waals surface area (Å²) in [5, 5.41) is 8.87. The fraction of sp³-hybridized carbons (Fsp3) is 0.385. The first kappa shape index (κ1) is 12.4. The average molecular weight is 249 g/mol. The molecule has 1 heterocycles. The summed E-state index contributed by atoms with van der Waals surface area (Å²) in [4.78, 5) is 22.5. The van der Waals surface area contributed by atoms with Crippen LogP contribution in [0.3, 0.4) is 0 Å². The van der Waals surface area contributed by atoms with Gasteiger partial charge < -0.3 is 9.52 Å². The van der Waals surface area contributed by atoms with E-state index in [9.17, 15) is 9.59 Å². The minimum absolute atomic E-state index is 0.122. The molecule has 0 bridgehead atoms. The zero-order chi connectivity index (χ0) is 13.1. The van der Waals surface area contributed by atoms with Gasteiger partial charge in [-0.15, -0.1) is 0 Å². The molecule has 0 fully saturated rings. The Balaban J connectivity index is 2.39. The van der Waals surface area contributed by atoms with Gasteiger partial charge in [0.05, 0.1) is 11.1 Å². The molecule has 2 aromatic rings. The summed E-state index contributed by atoms with van der Waals surface area (Å²) in [5.74, 6) is -1.46. The first-order valence-corrected chi connectivity index (χ1v) is 6.00. The molecule has 0 aliphatic heterocycles. The van der Waals surface area contributed by atoms with Crippen LogP contribution < -0.4 is 5.76 Å². The van der Waals surface area contributed by atoms with Crippen LogP contribution >= 0.6 is 0 Å². The third-order valence-corrected chi connectivity index (χ3v) is 2.90. The van der Waals surface area contributed by atoms with Gasteiger partial charge in [-0.05, 0) is 24.6 Å². The fourth-order valence-electron chi connectivity index (χ4n) is 1.93. The number of aromatic nitrogens is 1. The Kier molecular flexibility index (Phi) is 3.50. The number of rotatable bonds is 5. The van der Waals surface area contributed by atoms with Crippen LogP contribution in [0.4, 0.5) is 0 Å². The number of aromatic carboxylic acids is 1. The molecule has 0 amide bonds. The molecule has 0 aliphatic rings. The van der Waals surface area contributed by atoms with E-state index in [-0.39, 0.29) is 5.56 Å². The van der Waals surface area contributed by atoms with Crippen molar-refractivity contribution in [1.29, 1.82) is 0 Å². The zero-order valence-electron chi connectivity index (χ0n) is 10.2. The highest BCUT2D eigenvalue weighted by molar-refractivity contribution is 5.91. The summed E-state index contributed by atoms with van der Waals surface area (Å²) in [6.45, 7) is 2.70. The molecule has 1 aromatic heterocycles. The number of carboxylic acids is 1. The predicted molar refractivity (Wildman–Crippen MR) is 67.0 cm³/mol. The van der Waals surface area contributed by atoms with E-state index < -0.39 is 11.7 Å². The van der Waals surface area contributed by atoms with E-state index in [0.29, 0.717) is 17.6 Å². The molecule has 1 N–H and O–H groups in total. The van der Waals surface area contributed by atoms with E-state index in [4.69, 9.17) is 9.52 Å². The lowest BCUT2D eigenvalue weighted by molar-refractivity contribution is 0.0697. The van der Waals surface area contributed by atoms with Gasteiger partial charge in [-0.2, -0.15) is 0 Å². The maximum absolute atomic E-state index is 11.7. The highest BCUT2D eigenvalue weighted by Gasteiger charge is 2.11. The molecule has 18 heavy (non-hydrogen) atoms. The molecule has 0 unspecified atom stereocenters. The van der Waals surface area contributed by atoms with Gasteiger partial charge in [-0.1, -0.05) is 19.8 Å². The van der Waals surface area contributed by atoms with Crippen molar-refractivity contribution >= 4 is 17.1 Å². The first-order valence-electron chi connectivity index (χ1n) is 6.00. The summed E-state index contributed by atoms with van der Waals surface area (Å²) in [7, 11) is 0. The predicted octanol–water partition coefficient (Wildman–Crippen LogP) is 2.48. The molecule has 0 saturated heterocycles. The SMILES string of the molecule is CCCCCn1c(=O)oc2cc(C(=O)O)ccc21. The number of benzene rings is 1. The van der Waals surface area contributed by atoms with Crippen LogP contribution in [0.5, 0.6) is 0 Å². The minimum atomic E-state index is -1.03. The number of oxazole rings is 1. The highest BCUT2D eigenvalue weighted by Crippen LogP contribution is 2.16. The molecule has 0 saturated carbocycles. The van der Waals surface area contributed by atoms with Crippen molar-refractivity contribution in [3.63, 3.8) is 0 Å². The highest BCUT2D eigenvalue weighted by atomic mass is 16.4. The Labute approximate surface area is 104 Å². The lowest BCUT2D eigenvalue weighted by Gasteiger charge is -2.01. The Morgan fingerprint density at radius 1 is 1.39 bits per heavy atom. The minimum Gasteiger partial charge on any atom is -0.478 e. The monoisotopic (exact) mass is 249 g/mol. The van der Waals surface area contributed by atoms with Crippen LogP contribution in [0.2, 0.25) is 0 Å². The molecule has 0 atom stereocenters. The van der Waals surface area contributed by atoms with E-state index in [0.717, 1.165) is 19.3 Å². The Hall–Kier alpha value is -2.04. The van der Waals surface area contributed by atoms with Crippen LogP contribution in [0, 0.1) is 0 Å². The smallest absolute Gasteiger partial charge is 0.419 e. The first-order chi connectivity index (χ1) is 8.63.